The number of hydrogen-bond acceptors (Lipinski definition) is 6. The summed E-state index contributed by atoms with van der Waals surface area (Å²) >= 11 is 0. The van der Waals surface area contributed by atoms with Gasteiger partial charge in [0.25, 0.3) is 0 Å². The predicted molar refractivity (Wildman–Crippen MR) is 101 cm³/mol. The summed E-state index contributed by atoms with van der Waals surface area (Å²) in [5.74, 6) is 0.920. The molecule has 0 spiro atoms. The maximum Gasteiger partial charge on any atom is 0.168 e. The summed E-state index contributed by atoms with van der Waals surface area (Å²) in [5.41, 5.74) is 2.36. The maximum absolute atomic E-state index is 13.0. The summed E-state index contributed by atoms with van der Waals surface area (Å²) in [6.45, 7) is 4.14. The van der Waals surface area contributed by atoms with Crippen LogP contribution in [0, 0.1) is 0 Å². The maximum atomic E-state index is 13.0. The topological polar surface area (TPSA) is 63.0 Å². The van der Waals surface area contributed by atoms with Crippen LogP contribution in [0.1, 0.15) is 16.8 Å². The Bertz CT molecular complexity index is 944. The molecule has 0 atom stereocenters. The zero-order valence-corrected chi connectivity index (χ0v) is 15.2. The van der Waals surface area contributed by atoms with Crippen LogP contribution in [0.25, 0.3) is 16.6 Å². The second-order valence-corrected chi connectivity index (χ2v) is 6.68. The van der Waals surface area contributed by atoms with Gasteiger partial charge in [0.05, 0.1) is 23.1 Å². The molecule has 1 saturated heterocycles. The van der Waals surface area contributed by atoms with Crippen molar-refractivity contribution in [2.75, 3.05) is 51.8 Å². The highest BCUT2D eigenvalue weighted by atomic mass is 16.5. The second-order valence-electron chi connectivity index (χ2n) is 6.68. The molecule has 3 aromatic heterocycles. The molecule has 7 nitrogen and oxygen atoms in total. The second kappa shape index (κ2) is 7.01. The van der Waals surface area contributed by atoms with E-state index in [4.69, 9.17) is 4.74 Å². The van der Waals surface area contributed by atoms with Gasteiger partial charge < -0.3 is 18.9 Å². The quantitative estimate of drug-likeness (QED) is 0.653. The zero-order valence-electron chi connectivity index (χ0n) is 15.2. The standard InChI is InChI=1S/C19H23N5O2/c1-22-8-10-23(11-9-22)18-17-16(15(25)6-12-26-2)14-5-3-4-7-24(14)19(17)21-13-20-18/h3-5,7,13H,6,8-12H2,1-2H3. The van der Waals surface area contributed by atoms with Crippen LogP contribution in [0.4, 0.5) is 5.82 Å². The fourth-order valence-electron chi connectivity index (χ4n) is 3.59. The number of nitrogens with zero attached hydrogens (tertiary/aromatic N) is 5. The van der Waals surface area contributed by atoms with Crippen LogP contribution in [0.3, 0.4) is 0 Å². The minimum atomic E-state index is 0.0655. The van der Waals surface area contributed by atoms with Gasteiger partial charge in [-0.25, -0.2) is 9.97 Å². The number of likely N-dealkylation sites (N-methyl/N-ethyl adjacent to an activating group) is 1. The van der Waals surface area contributed by atoms with Crippen molar-refractivity contribution < 1.29 is 9.53 Å². The number of methoxy groups -OCH3 is 1. The van der Waals surface area contributed by atoms with Crippen molar-refractivity contribution in [1.82, 2.24) is 19.3 Å². The Kier molecular flexibility index (Phi) is 4.57. The Labute approximate surface area is 152 Å². The molecular formula is C19H23N5O2. The summed E-state index contributed by atoms with van der Waals surface area (Å²) < 4.78 is 7.10. The molecule has 0 aliphatic carbocycles. The van der Waals surface area contributed by atoms with E-state index in [0.29, 0.717) is 18.6 Å². The first-order valence-corrected chi connectivity index (χ1v) is 8.90. The van der Waals surface area contributed by atoms with Crippen LogP contribution in [0.2, 0.25) is 0 Å². The van der Waals surface area contributed by atoms with Crippen LogP contribution < -0.4 is 4.90 Å². The molecule has 26 heavy (non-hydrogen) atoms. The number of rotatable bonds is 5. The van der Waals surface area contributed by atoms with Crippen molar-refractivity contribution in [3.8, 4) is 0 Å². The number of anilines is 1. The normalized spacial score (nSPS) is 15.8. The molecule has 136 valence electrons. The van der Waals surface area contributed by atoms with E-state index in [2.05, 4.69) is 26.8 Å². The zero-order chi connectivity index (χ0) is 18.1. The molecule has 1 aliphatic heterocycles. The molecule has 3 aromatic rings. The van der Waals surface area contributed by atoms with Gasteiger partial charge in [0.2, 0.25) is 0 Å². The molecule has 0 amide bonds. The lowest BCUT2D eigenvalue weighted by Gasteiger charge is -2.33. The Balaban J connectivity index is 1.92. The van der Waals surface area contributed by atoms with E-state index >= 15 is 0 Å². The third kappa shape index (κ3) is 2.83. The first-order valence-electron chi connectivity index (χ1n) is 8.90. The van der Waals surface area contributed by atoms with Gasteiger partial charge in [0.15, 0.2) is 11.4 Å². The van der Waals surface area contributed by atoms with Gasteiger partial charge in [0.1, 0.15) is 12.1 Å². The average molecular weight is 353 g/mol. The lowest BCUT2D eigenvalue weighted by atomic mass is 10.1. The Morgan fingerprint density at radius 3 is 2.77 bits per heavy atom. The van der Waals surface area contributed by atoms with Crippen LogP contribution in [0.15, 0.2) is 30.7 Å². The Hall–Kier alpha value is -2.51. The molecule has 0 saturated carbocycles. The number of Topliss-reactive ketones (excluding diaryl/α,β-unsaturated/α-hetero) is 1. The number of fused-ring (bicyclic) bond motifs is 3. The van der Waals surface area contributed by atoms with Gasteiger partial charge in [-0.2, -0.15) is 0 Å². The van der Waals surface area contributed by atoms with Gasteiger partial charge in [-0.05, 0) is 19.2 Å². The third-order valence-electron chi connectivity index (χ3n) is 5.02. The largest absolute Gasteiger partial charge is 0.384 e. The van der Waals surface area contributed by atoms with Crippen LogP contribution >= 0.6 is 0 Å². The number of hydrogen-bond donors (Lipinski definition) is 0. The van der Waals surface area contributed by atoms with E-state index in [1.807, 2.05) is 28.8 Å². The predicted octanol–water partition coefficient (Wildman–Crippen LogP) is 1.85. The molecule has 0 radical (unpaired) electrons. The molecule has 4 rings (SSSR count). The molecule has 7 heteroatoms. The fourth-order valence-corrected chi connectivity index (χ4v) is 3.59. The van der Waals surface area contributed by atoms with Crippen molar-refractivity contribution in [2.45, 2.75) is 6.42 Å². The Morgan fingerprint density at radius 1 is 1.19 bits per heavy atom. The molecule has 1 fully saturated rings. The van der Waals surface area contributed by atoms with Crippen molar-refractivity contribution >= 4 is 28.2 Å². The SMILES string of the molecule is COCCC(=O)c1c2c(N3CCN(C)CC3)ncnc2n2ccccc12. The average Bonchev–Trinajstić information content (AvgIpc) is 3.01. The molecule has 0 bridgehead atoms. The van der Waals surface area contributed by atoms with Crippen molar-refractivity contribution in [2.24, 2.45) is 0 Å². The van der Waals surface area contributed by atoms with E-state index in [-0.39, 0.29) is 5.78 Å². The first-order chi connectivity index (χ1) is 12.7. The molecule has 0 aromatic carbocycles. The molecule has 0 unspecified atom stereocenters. The van der Waals surface area contributed by atoms with E-state index in [0.717, 1.165) is 48.5 Å². The van der Waals surface area contributed by atoms with Gasteiger partial charge in [-0.3, -0.25) is 4.79 Å². The van der Waals surface area contributed by atoms with E-state index < -0.39 is 0 Å². The number of carbonyl (C=O) groups excluding carboxylic acids is 1. The minimum absolute atomic E-state index is 0.0655. The highest BCUT2D eigenvalue weighted by Gasteiger charge is 2.25. The lowest BCUT2D eigenvalue weighted by molar-refractivity contribution is 0.0935. The highest BCUT2D eigenvalue weighted by Crippen LogP contribution is 2.33. The van der Waals surface area contributed by atoms with Crippen molar-refractivity contribution in [3.05, 3.63) is 36.3 Å². The smallest absolute Gasteiger partial charge is 0.168 e. The first kappa shape index (κ1) is 16.9. The number of ketones is 1. The number of piperazine rings is 1. The number of ether oxygens (including phenoxy) is 1. The monoisotopic (exact) mass is 353 g/mol. The third-order valence-corrected chi connectivity index (χ3v) is 5.02. The van der Waals surface area contributed by atoms with Gasteiger partial charge in [-0.15, -0.1) is 0 Å². The van der Waals surface area contributed by atoms with Crippen LogP contribution in [-0.2, 0) is 4.74 Å². The molecule has 1 aliphatic rings. The summed E-state index contributed by atoms with van der Waals surface area (Å²) in [6, 6.07) is 5.87. The van der Waals surface area contributed by atoms with Gasteiger partial charge >= 0.3 is 0 Å². The van der Waals surface area contributed by atoms with Crippen molar-refractivity contribution in [3.63, 3.8) is 0 Å². The Morgan fingerprint density at radius 2 is 2.00 bits per heavy atom. The highest BCUT2D eigenvalue weighted by molar-refractivity contribution is 6.17. The van der Waals surface area contributed by atoms with E-state index in [1.165, 1.54) is 0 Å². The number of pyridine rings is 1. The lowest BCUT2D eigenvalue weighted by Crippen LogP contribution is -2.45. The van der Waals surface area contributed by atoms with E-state index in [9.17, 15) is 4.79 Å². The minimum Gasteiger partial charge on any atom is -0.384 e. The molecular weight excluding hydrogens is 330 g/mol. The summed E-state index contributed by atoms with van der Waals surface area (Å²) in [5, 5.41) is 0.851. The van der Waals surface area contributed by atoms with E-state index in [1.54, 1.807) is 13.4 Å². The molecule has 0 N–H and O–H groups in total. The molecule has 4 heterocycles. The summed E-state index contributed by atoms with van der Waals surface area (Å²) in [6.07, 6.45) is 3.89. The van der Waals surface area contributed by atoms with Crippen LogP contribution in [0.5, 0.6) is 0 Å². The van der Waals surface area contributed by atoms with Crippen LogP contribution in [-0.4, -0.2) is 72.0 Å². The van der Waals surface area contributed by atoms with Crippen molar-refractivity contribution in [1.29, 1.82) is 0 Å². The fraction of sp³-hybridized carbons (Fsp3) is 0.421. The summed E-state index contributed by atoms with van der Waals surface area (Å²) in [4.78, 5) is 26.6. The van der Waals surface area contributed by atoms with Gasteiger partial charge in [-0.1, -0.05) is 6.07 Å². The number of carbonyl (C=O) groups is 1. The van der Waals surface area contributed by atoms with Gasteiger partial charge in [0, 0.05) is 45.9 Å². The number of aromatic nitrogens is 3. The summed E-state index contributed by atoms with van der Waals surface area (Å²) in [7, 11) is 3.74.